The zero-order valence-corrected chi connectivity index (χ0v) is 14.7. The third-order valence-corrected chi connectivity index (χ3v) is 4.34. The average Bonchev–Trinajstić information content (AvgIpc) is 2.59. The Kier molecular flexibility index (Phi) is 5.51. The van der Waals surface area contributed by atoms with E-state index in [0.717, 1.165) is 27.2 Å². The van der Waals surface area contributed by atoms with Crippen LogP contribution < -0.4 is 5.32 Å². The first-order valence-electron chi connectivity index (χ1n) is 7.56. The van der Waals surface area contributed by atoms with E-state index in [4.69, 9.17) is 27.9 Å². The molecule has 24 heavy (non-hydrogen) atoms. The van der Waals surface area contributed by atoms with E-state index >= 15 is 0 Å². The molecule has 0 bridgehead atoms. The van der Waals surface area contributed by atoms with Crippen LogP contribution in [-0.2, 0) is 4.74 Å². The molecule has 1 unspecified atom stereocenters. The maximum Gasteiger partial charge on any atom is 0.156 e. The van der Waals surface area contributed by atoms with E-state index in [0.29, 0.717) is 18.2 Å². The van der Waals surface area contributed by atoms with Crippen molar-refractivity contribution < 1.29 is 4.74 Å². The van der Waals surface area contributed by atoms with Gasteiger partial charge in [-0.1, -0.05) is 35.3 Å². The third kappa shape index (κ3) is 3.96. The molecule has 1 N–H and O–H groups in total. The minimum absolute atomic E-state index is 0.177. The van der Waals surface area contributed by atoms with Gasteiger partial charge in [0.2, 0.25) is 0 Å². The molecule has 0 saturated heterocycles. The van der Waals surface area contributed by atoms with Gasteiger partial charge in [0, 0.05) is 40.4 Å². The lowest BCUT2D eigenvalue weighted by atomic mass is 10.00. The van der Waals surface area contributed by atoms with Crippen LogP contribution in [0.15, 0.2) is 48.7 Å². The van der Waals surface area contributed by atoms with Crippen LogP contribution in [0.3, 0.4) is 0 Å². The zero-order chi connectivity index (χ0) is 16.9. The van der Waals surface area contributed by atoms with Gasteiger partial charge in [-0.05, 0) is 35.9 Å². The molecule has 0 spiro atoms. The Bertz CT molecular complexity index is 824. The van der Waals surface area contributed by atoms with E-state index in [1.54, 1.807) is 13.3 Å². The van der Waals surface area contributed by atoms with Gasteiger partial charge in [0.25, 0.3) is 0 Å². The molecule has 3 rings (SSSR count). The predicted molar refractivity (Wildman–Crippen MR) is 99.1 cm³/mol. The first kappa shape index (κ1) is 17.0. The molecular weight excluding hydrogens is 345 g/mol. The van der Waals surface area contributed by atoms with Crippen LogP contribution in [0.1, 0.15) is 11.5 Å². The smallest absolute Gasteiger partial charge is 0.156 e. The first-order chi connectivity index (χ1) is 11.7. The lowest BCUT2D eigenvalue weighted by Gasteiger charge is -2.18. The minimum Gasteiger partial charge on any atom is -0.384 e. The van der Waals surface area contributed by atoms with E-state index in [-0.39, 0.29) is 5.92 Å². The van der Waals surface area contributed by atoms with Gasteiger partial charge in [-0.3, -0.25) is 0 Å². The Balaban J connectivity index is 1.81. The van der Waals surface area contributed by atoms with Gasteiger partial charge < -0.3 is 10.1 Å². The second kappa shape index (κ2) is 7.79. The summed E-state index contributed by atoms with van der Waals surface area (Å²) >= 11 is 12.0. The molecule has 0 aliphatic rings. The highest BCUT2D eigenvalue weighted by atomic mass is 35.5. The Morgan fingerprint density at radius 2 is 1.83 bits per heavy atom. The van der Waals surface area contributed by atoms with Gasteiger partial charge in [0.05, 0.1) is 12.8 Å². The highest BCUT2D eigenvalue weighted by Gasteiger charge is 2.13. The Hall–Kier alpha value is -1.88. The molecule has 124 valence electrons. The summed E-state index contributed by atoms with van der Waals surface area (Å²) in [6, 6.07) is 13.5. The topological polar surface area (TPSA) is 47.0 Å². The van der Waals surface area contributed by atoms with Crippen molar-refractivity contribution >= 4 is 39.8 Å². The number of ether oxygens (including phenoxy) is 1. The molecule has 2 aromatic carbocycles. The van der Waals surface area contributed by atoms with Gasteiger partial charge in [0.1, 0.15) is 0 Å². The Labute approximate surface area is 150 Å². The molecule has 1 aromatic heterocycles. The van der Waals surface area contributed by atoms with Crippen molar-refractivity contribution in [2.75, 3.05) is 25.6 Å². The number of anilines is 1. The molecular formula is C18H17Cl2N3O. The summed E-state index contributed by atoms with van der Waals surface area (Å²) in [5.41, 5.74) is 1.16. The van der Waals surface area contributed by atoms with Crippen LogP contribution in [0.2, 0.25) is 10.0 Å². The van der Waals surface area contributed by atoms with Crippen LogP contribution in [-0.4, -0.2) is 30.5 Å². The molecule has 1 heterocycles. The number of rotatable bonds is 6. The fourth-order valence-electron chi connectivity index (χ4n) is 2.62. The summed E-state index contributed by atoms with van der Waals surface area (Å²) in [5, 5.41) is 15.0. The number of benzene rings is 2. The average molecular weight is 362 g/mol. The van der Waals surface area contributed by atoms with Crippen molar-refractivity contribution in [1.82, 2.24) is 10.2 Å². The number of halogens is 2. The molecule has 6 heteroatoms. The molecule has 0 saturated carbocycles. The van der Waals surface area contributed by atoms with Crippen molar-refractivity contribution in [2.24, 2.45) is 0 Å². The summed E-state index contributed by atoms with van der Waals surface area (Å²) in [4.78, 5) is 0. The standard InChI is InChI=1S/C18H17Cl2N3O/c1-24-11-14(12-2-4-15(19)5-3-12)9-21-18-17-7-6-16(20)8-13(17)10-22-23-18/h2-8,10,14H,9,11H2,1H3,(H,21,23). The second-order valence-electron chi connectivity index (χ2n) is 5.51. The number of nitrogens with zero attached hydrogens (tertiary/aromatic N) is 2. The van der Waals surface area contributed by atoms with Gasteiger partial charge >= 0.3 is 0 Å². The first-order valence-corrected chi connectivity index (χ1v) is 8.32. The Morgan fingerprint density at radius 1 is 1.08 bits per heavy atom. The maximum atomic E-state index is 6.04. The predicted octanol–water partition coefficient (Wildman–Crippen LogP) is 4.78. The van der Waals surface area contributed by atoms with Crippen molar-refractivity contribution in [1.29, 1.82) is 0 Å². The summed E-state index contributed by atoms with van der Waals surface area (Å²) < 4.78 is 5.35. The number of nitrogens with one attached hydrogen (secondary N) is 1. The maximum absolute atomic E-state index is 6.04. The highest BCUT2D eigenvalue weighted by molar-refractivity contribution is 6.31. The quantitative estimate of drug-likeness (QED) is 0.686. The van der Waals surface area contributed by atoms with Gasteiger partial charge in [-0.25, -0.2) is 0 Å². The van der Waals surface area contributed by atoms with E-state index in [1.807, 2.05) is 42.5 Å². The van der Waals surface area contributed by atoms with Crippen molar-refractivity contribution in [3.8, 4) is 0 Å². The number of hydrogen-bond donors (Lipinski definition) is 1. The molecule has 0 radical (unpaired) electrons. The fraction of sp³-hybridized carbons (Fsp3) is 0.222. The van der Waals surface area contributed by atoms with Crippen molar-refractivity contribution in [3.63, 3.8) is 0 Å². The van der Waals surface area contributed by atoms with Crippen molar-refractivity contribution in [2.45, 2.75) is 5.92 Å². The second-order valence-corrected chi connectivity index (χ2v) is 6.38. The number of aromatic nitrogens is 2. The lowest BCUT2D eigenvalue weighted by Crippen LogP contribution is -2.18. The number of hydrogen-bond acceptors (Lipinski definition) is 4. The summed E-state index contributed by atoms with van der Waals surface area (Å²) in [7, 11) is 1.70. The largest absolute Gasteiger partial charge is 0.384 e. The van der Waals surface area contributed by atoms with Crippen LogP contribution in [0.4, 0.5) is 5.82 Å². The highest BCUT2D eigenvalue weighted by Crippen LogP contribution is 2.25. The van der Waals surface area contributed by atoms with Crippen LogP contribution in [0.25, 0.3) is 10.8 Å². The molecule has 0 aliphatic carbocycles. The fourth-order valence-corrected chi connectivity index (χ4v) is 2.92. The molecule has 1 atom stereocenters. The van der Waals surface area contributed by atoms with Gasteiger partial charge in [0.15, 0.2) is 5.82 Å². The number of methoxy groups -OCH3 is 1. The van der Waals surface area contributed by atoms with Crippen molar-refractivity contribution in [3.05, 3.63) is 64.3 Å². The molecule has 0 aliphatic heterocycles. The molecule has 0 amide bonds. The normalized spacial score (nSPS) is 12.3. The van der Waals surface area contributed by atoms with Gasteiger partial charge in [-0.15, -0.1) is 5.10 Å². The summed E-state index contributed by atoms with van der Waals surface area (Å²) in [5.74, 6) is 0.913. The SMILES string of the molecule is COCC(CNc1nncc2cc(Cl)ccc12)c1ccc(Cl)cc1. The van der Waals surface area contributed by atoms with E-state index in [9.17, 15) is 0 Å². The Morgan fingerprint density at radius 3 is 2.58 bits per heavy atom. The van der Waals surface area contributed by atoms with E-state index in [2.05, 4.69) is 15.5 Å². The molecule has 3 aromatic rings. The molecule has 0 fully saturated rings. The summed E-state index contributed by atoms with van der Waals surface area (Å²) in [6.07, 6.45) is 1.71. The van der Waals surface area contributed by atoms with Crippen LogP contribution in [0.5, 0.6) is 0 Å². The van der Waals surface area contributed by atoms with E-state index in [1.165, 1.54) is 0 Å². The van der Waals surface area contributed by atoms with Crippen LogP contribution in [0, 0.1) is 0 Å². The van der Waals surface area contributed by atoms with E-state index < -0.39 is 0 Å². The zero-order valence-electron chi connectivity index (χ0n) is 13.2. The third-order valence-electron chi connectivity index (χ3n) is 3.85. The van der Waals surface area contributed by atoms with Gasteiger partial charge in [-0.2, -0.15) is 5.10 Å². The minimum atomic E-state index is 0.177. The molecule has 4 nitrogen and oxygen atoms in total. The number of fused-ring (bicyclic) bond motifs is 1. The summed E-state index contributed by atoms with van der Waals surface area (Å²) in [6.45, 7) is 1.27. The monoisotopic (exact) mass is 361 g/mol. The lowest BCUT2D eigenvalue weighted by molar-refractivity contribution is 0.182. The van der Waals surface area contributed by atoms with Crippen LogP contribution >= 0.6 is 23.2 Å².